The summed E-state index contributed by atoms with van der Waals surface area (Å²) >= 11 is 3.13. The Labute approximate surface area is 95.1 Å². The van der Waals surface area contributed by atoms with E-state index in [0.717, 1.165) is 0 Å². The van der Waals surface area contributed by atoms with Crippen molar-refractivity contribution in [2.75, 3.05) is 5.73 Å². The average Bonchev–Trinajstić information content (AvgIpc) is 2.23. The molecule has 0 radical (unpaired) electrons. The van der Waals surface area contributed by atoms with Crippen LogP contribution in [0.3, 0.4) is 0 Å². The van der Waals surface area contributed by atoms with Crippen LogP contribution in [0.15, 0.2) is 41.1 Å². The van der Waals surface area contributed by atoms with Gasteiger partial charge in [0.25, 0.3) is 0 Å². The molecule has 76 valence electrons. The highest BCUT2D eigenvalue weighted by Gasteiger charge is 2.10. The minimum absolute atomic E-state index is 0.322. The number of hydrogen-bond donors (Lipinski definition) is 1. The maximum atomic E-state index is 13.7. The van der Waals surface area contributed by atoms with Crippen molar-refractivity contribution in [1.82, 2.24) is 4.98 Å². The summed E-state index contributed by atoms with van der Waals surface area (Å²) in [5, 5.41) is 0. The van der Waals surface area contributed by atoms with E-state index in [1.165, 1.54) is 0 Å². The summed E-state index contributed by atoms with van der Waals surface area (Å²) in [7, 11) is 0. The number of nitrogens with zero attached hydrogens (tertiary/aromatic N) is 1. The average molecular weight is 267 g/mol. The van der Waals surface area contributed by atoms with Crippen molar-refractivity contribution >= 4 is 21.6 Å². The third-order valence-electron chi connectivity index (χ3n) is 2.10. The largest absolute Gasteiger partial charge is 0.398 e. The highest BCUT2D eigenvalue weighted by Crippen LogP contribution is 2.30. The summed E-state index contributed by atoms with van der Waals surface area (Å²) in [6.07, 6.45) is 3.13. The Balaban J connectivity index is 2.65. The van der Waals surface area contributed by atoms with E-state index < -0.39 is 0 Å². The number of rotatable bonds is 1. The molecule has 0 spiro atoms. The normalized spacial score (nSPS) is 10.3. The Bertz CT molecular complexity index is 500. The molecule has 0 fully saturated rings. The molecule has 4 heteroatoms. The molecular weight excluding hydrogens is 259 g/mol. The van der Waals surface area contributed by atoms with Gasteiger partial charge in [-0.1, -0.05) is 12.1 Å². The Morgan fingerprint density at radius 3 is 2.73 bits per heavy atom. The number of aromatic nitrogens is 1. The van der Waals surface area contributed by atoms with Crippen LogP contribution in [0.1, 0.15) is 0 Å². The van der Waals surface area contributed by atoms with Crippen molar-refractivity contribution < 1.29 is 4.39 Å². The van der Waals surface area contributed by atoms with Gasteiger partial charge in [0.15, 0.2) is 0 Å². The zero-order valence-electron chi connectivity index (χ0n) is 7.74. The van der Waals surface area contributed by atoms with Crippen molar-refractivity contribution in [2.45, 2.75) is 0 Å². The molecule has 0 atom stereocenters. The fourth-order valence-electron chi connectivity index (χ4n) is 1.34. The molecular formula is C11H8BrFN2. The molecule has 0 amide bonds. The molecule has 0 bridgehead atoms. The zero-order chi connectivity index (χ0) is 10.8. The SMILES string of the molecule is Nc1ccncc1-c1cccc(Br)c1F. The first-order valence-electron chi connectivity index (χ1n) is 4.34. The first-order chi connectivity index (χ1) is 7.20. The van der Waals surface area contributed by atoms with Crippen LogP contribution in [0, 0.1) is 5.82 Å². The summed E-state index contributed by atoms with van der Waals surface area (Å²) in [5.41, 5.74) is 7.33. The summed E-state index contributed by atoms with van der Waals surface area (Å²) in [4.78, 5) is 3.93. The van der Waals surface area contributed by atoms with Crippen molar-refractivity contribution in [3.63, 3.8) is 0 Å². The number of nitrogens with two attached hydrogens (primary N) is 1. The quantitative estimate of drug-likeness (QED) is 0.861. The van der Waals surface area contributed by atoms with Gasteiger partial charge >= 0.3 is 0 Å². The summed E-state index contributed by atoms with van der Waals surface area (Å²) in [6.45, 7) is 0. The number of nitrogen functional groups attached to an aromatic ring is 1. The van der Waals surface area contributed by atoms with Gasteiger partial charge in [0.2, 0.25) is 0 Å². The third-order valence-corrected chi connectivity index (χ3v) is 2.71. The lowest BCUT2D eigenvalue weighted by atomic mass is 10.1. The van der Waals surface area contributed by atoms with Crippen molar-refractivity contribution in [3.05, 3.63) is 46.9 Å². The van der Waals surface area contributed by atoms with E-state index in [2.05, 4.69) is 20.9 Å². The van der Waals surface area contributed by atoms with Crippen LogP contribution in [0.2, 0.25) is 0 Å². The molecule has 0 aliphatic heterocycles. The van der Waals surface area contributed by atoms with Crippen LogP contribution in [0.5, 0.6) is 0 Å². The second-order valence-electron chi connectivity index (χ2n) is 3.06. The van der Waals surface area contributed by atoms with Crippen LogP contribution in [-0.4, -0.2) is 4.98 Å². The summed E-state index contributed by atoms with van der Waals surface area (Å²) in [5.74, 6) is -0.322. The van der Waals surface area contributed by atoms with E-state index >= 15 is 0 Å². The summed E-state index contributed by atoms with van der Waals surface area (Å²) in [6, 6.07) is 6.73. The number of hydrogen-bond acceptors (Lipinski definition) is 2. The highest BCUT2D eigenvalue weighted by molar-refractivity contribution is 9.10. The van der Waals surface area contributed by atoms with Gasteiger partial charge in [0, 0.05) is 29.2 Å². The van der Waals surface area contributed by atoms with Gasteiger partial charge in [0.1, 0.15) is 5.82 Å². The predicted molar refractivity (Wildman–Crippen MR) is 61.7 cm³/mol. The molecule has 2 aromatic rings. The second kappa shape index (κ2) is 3.98. The van der Waals surface area contributed by atoms with Gasteiger partial charge in [-0.05, 0) is 28.1 Å². The number of halogens is 2. The molecule has 0 aliphatic carbocycles. The van der Waals surface area contributed by atoms with Crippen LogP contribution >= 0.6 is 15.9 Å². The molecule has 1 aromatic heterocycles. The van der Waals surface area contributed by atoms with Crippen molar-refractivity contribution in [1.29, 1.82) is 0 Å². The van der Waals surface area contributed by atoms with Gasteiger partial charge in [-0.2, -0.15) is 0 Å². The zero-order valence-corrected chi connectivity index (χ0v) is 9.33. The van der Waals surface area contributed by atoms with Gasteiger partial charge in [0.05, 0.1) is 4.47 Å². The Morgan fingerprint density at radius 1 is 1.20 bits per heavy atom. The molecule has 0 unspecified atom stereocenters. The lowest BCUT2D eigenvalue weighted by molar-refractivity contribution is 0.624. The number of pyridine rings is 1. The minimum atomic E-state index is -0.322. The molecule has 2 rings (SSSR count). The first-order valence-corrected chi connectivity index (χ1v) is 5.13. The van der Waals surface area contributed by atoms with E-state index in [-0.39, 0.29) is 5.82 Å². The molecule has 0 saturated carbocycles. The Kier molecular flexibility index (Phi) is 2.68. The predicted octanol–water partition coefficient (Wildman–Crippen LogP) is 3.23. The van der Waals surface area contributed by atoms with Crippen LogP contribution < -0.4 is 5.73 Å². The molecule has 2 N–H and O–H groups in total. The molecule has 1 heterocycles. The van der Waals surface area contributed by atoms with Gasteiger partial charge in [-0.3, -0.25) is 4.98 Å². The van der Waals surface area contributed by atoms with Gasteiger partial charge in [-0.15, -0.1) is 0 Å². The Morgan fingerprint density at radius 2 is 2.00 bits per heavy atom. The molecule has 2 nitrogen and oxygen atoms in total. The maximum Gasteiger partial charge on any atom is 0.145 e. The molecule has 15 heavy (non-hydrogen) atoms. The van der Waals surface area contributed by atoms with E-state index in [1.807, 2.05) is 0 Å². The van der Waals surface area contributed by atoms with Crippen LogP contribution in [-0.2, 0) is 0 Å². The third kappa shape index (κ3) is 1.85. The smallest absolute Gasteiger partial charge is 0.145 e. The second-order valence-corrected chi connectivity index (χ2v) is 3.92. The number of anilines is 1. The molecule has 0 aliphatic rings. The van der Waals surface area contributed by atoms with Crippen LogP contribution in [0.25, 0.3) is 11.1 Å². The topological polar surface area (TPSA) is 38.9 Å². The van der Waals surface area contributed by atoms with Gasteiger partial charge < -0.3 is 5.73 Å². The first kappa shape index (κ1) is 10.1. The maximum absolute atomic E-state index is 13.7. The van der Waals surface area contributed by atoms with E-state index in [9.17, 15) is 4.39 Å². The molecule has 0 saturated heterocycles. The standard InChI is InChI=1S/C11H8BrFN2/c12-9-3-1-2-7(11(9)13)8-6-15-5-4-10(8)14/h1-6H,(H2,14,15). The molecule has 1 aromatic carbocycles. The van der Waals surface area contributed by atoms with Gasteiger partial charge in [-0.25, -0.2) is 4.39 Å². The van der Waals surface area contributed by atoms with E-state index in [4.69, 9.17) is 5.73 Å². The van der Waals surface area contributed by atoms with Crippen molar-refractivity contribution in [3.8, 4) is 11.1 Å². The number of benzene rings is 1. The fraction of sp³-hybridized carbons (Fsp3) is 0. The van der Waals surface area contributed by atoms with E-state index in [1.54, 1.807) is 36.7 Å². The highest BCUT2D eigenvalue weighted by atomic mass is 79.9. The van der Waals surface area contributed by atoms with Crippen LogP contribution in [0.4, 0.5) is 10.1 Å². The summed E-state index contributed by atoms with van der Waals surface area (Å²) < 4.78 is 14.2. The lowest BCUT2D eigenvalue weighted by Crippen LogP contribution is -1.93. The monoisotopic (exact) mass is 266 g/mol. The minimum Gasteiger partial charge on any atom is -0.398 e. The van der Waals surface area contributed by atoms with Crippen molar-refractivity contribution in [2.24, 2.45) is 0 Å². The Hall–Kier alpha value is -1.42. The fourth-order valence-corrected chi connectivity index (χ4v) is 1.71. The lowest BCUT2D eigenvalue weighted by Gasteiger charge is -2.06. The van der Waals surface area contributed by atoms with E-state index in [0.29, 0.717) is 21.3 Å².